The number of ether oxygens (including phenoxy) is 2. The van der Waals surface area contributed by atoms with E-state index >= 15 is 0 Å². The number of nitrogens with one attached hydrogen (secondary N) is 1. The third kappa shape index (κ3) is 6.75. The fraction of sp³-hybridized carbons (Fsp3) is 0.286. The van der Waals surface area contributed by atoms with Gasteiger partial charge in [-0.1, -0.05) is 38.1 Å². The molecule has 0 aliphatic heterocycles. The highest BCUT2D eigenvalue weighted by Gasteiger charge is 2.06. The van der Waals surface area contributed by atoms with Gasteiger partial charge in [0.15, 0.2) is 13.2 Å². The molecule has 0 aliphatic rings. The van der Waals surface area contributed by atoms with Gasteiger partial charge in [0.25, 0.3) is 5.91 Å². The number of carboxylic acid groups (broad SMARTS) is 1. The van der Waals surface area contributed by atoms with Gasteiger partial charge in [-0.15, -0.1) is 0 Å². The van der Waals surface area contributed by atoms with E-state index in [-0.39, 0.29) is 6.61 Å². The Kier molecular flexibility index (Phi) is 8.02. The van der Waals surface area contributed by atoms with Gasteiger partial charge in [0.05, 0.1) is 6.21 Å². The number of para-hydroxylation sites is 1. The number of carbonyl (C=O) groups excluding carboxylic acids is 1. The molecule has 2 rings (SSSR count). The molecule has 0 spiro atoms. The van der Waals surface area contributed by atoms with Crippen LogP contribution in [0, 0.1) is 0 Å². The average Bonchev–Trinajstić information content (AvgIpc) is 2.71. The van der Waals surface area contributed by atoms with Crippen LogP contribution < -0.4 is 14.9 Å². The lowest BCUT2D eigenvalue weighted by atomic mass is 9.99. The smallest absolute Gasteiger partial charge is 0.341 e. The predicted octanol–water partition coefficient (Wildman–Crippen LogP) is 3.19. The molecule has 0 saturated heterocycles. The van der Waals surface area contributed by atoms with Crippen LogP contribution in [0.25, 0.3) is 0 Å². The molecule has 2 aromatic carbocycles. The Morgan fingerprint density at radius 2 is 1.82 bits per heavy atom. The van der Waals surface area contributed by atoms with Crippen molar-refractivity contribution in [1.29, 1.82) is 0 Å². The second-order valence-electron chi connectivity index (χ2n) is 6.18. The number of hydrazone groups is 1. The Morgan fingerprint density at radius 1 is 1.11 bits per heavy atom. The Hall–Kier alpha value is -3.35. The van der Waals surface area contributed by atoms with Crippen LogP contribution in [0.4, 0.5) is 0 Å². The summed E-state index contributed by atoms with van der Waals surface area (Å²) in [5.41, 5.74) is 4.14. The highest BCUT2D eigenvalue weighted by atomic mass is 16.5. The van der Waals surface area contributed by atoms with Crippen molar-refractivity contribution in [3.8, 4) is 11.5 Å². The van der Waals surface area contributed by atoms with E-state index in [4.69, 9.17) is 14.6 Å². The lowest BCUT2D eigenvalue weighted by molar-refractivity contribution is -0.139. The number of carboxylic acids is 1. The van der Waals surface area contributed by atoms with Crippen molar-refractivity contribution in [3.63, 3.8) is 0 Å². The summed E-state index contributed by atoms with van der Waals surface area (Å²) in [5, 5.41) is 12.6. The molecule has 2 aromatic rings. The van der Waals surface area contributed by atoms with E-state index in [9.17, 15) is 9.59 Å². The SMILES string of the molecule is CCC(C)c1ccc(OCC(=O)N/N=C\c2ccccc2OCC(=O)O)cc1. The zero-order valence-corrected chi connectivity index (χ0v) is 15.9. The maximum absolute atomic E-state index is 11.9. The number of nitrogens with zero attached hydrogens (tertiary/aromatic N) is 1. The Labute approximate surface area is 164 Å². The molecular formula is C21H24N2O5. The summed E-state index contributed by atoms with van der Waals surface area (Å²) in [6, 6.07) is 14.5. The fourth-order valence-corrected chi connectivity index (χ4v) is 2.34. The molecule has 2 N–H and O–H groups in total. The van der Waals surface area contributed by atoms with E-state index in [0.717, 1.165) is 6.42 Å². The van der Waals surface area contributed by atoms with Gasteiger partial charge in [-0.05, 0) is 42.2 Å². The Bertz CT molecular complexity index is 818. The van der Waals surface area contributed by atoms with Crippen molar-refractivity contribution in [3.05, 3.63) is 59.7 Å². The Morgan fingerprint density at radius 3 is 2.50 bits per heavy atom. The molecule has 0 bridgehead atoms. The normalized spacial score (nSPS) is 11.8. The number of amides is 1. The average molecular weight is 384 g/mol. The van der Waals surface area contributed by atoms with Gasteiger partial charge in [0, 0.05) is 5.56 Å². The lowest BCUT2D eigenvalue weighted by Gasteiger charge is -2.10. The maximum Gasteiger partial charge on any atom is 0.341 e. The van der Waals surface area contributed by atoms with Crippen molar-refractivity contribution in [2.45, 2.75) is 26.2 Å². The monoisotopic (exact) mass is 384 g/mol. The predicted molar refractivity (Wildman–Crippen MR) is 106 cm³/mol. The lowest BCUT2D eigenvalue weighted by Crippen LogP contribution is -2.24. The first kappa shape index (κ1) is 21.0. The minimum Gasteiger partial charge on any atom is -0.484 e. The number of hydrogen-bond acceptors (Lipinski definition) is 5. The van der Waals surface area contributed by atoms with E-state index < -0.39 is 18.5 Å². The molecular weight excluding hydrogens is 360 g/mol. The van der Waals surface area contributed by atoms with Gasteiger partial charge in [-0.3, -0.25) is 4.79 Å². The molecule has 0 radical (unpaired) electrons. The number of aliphatic carboxylic acids is 1. The second kappa shape index (κ2) is 10.7. The van der Waals surface area contributed by atoms with Gasteiger partial charge in [-0.25, -0.2) is 10.2 Å². The topological polar surface area (TPSA) is 97.2 Å². The second-order valence-corrected chi connectivity index (χ2v) is 6.18. The van der Waals surface area contributed by atoms with Gasteiger partial charge >= 0.3 is 5.97 Å². The molecule has 28 heavy (non-hydrogen) atoms. The summed E-state index contributed by atoms with van der Waals surface area (Å²) >= 11 is 0. The standard InChI is InChI=1S/C21H24N2O5/c1-3-15(2)16-8-10-18(11-9-16)27-13-20(24)23-22-12-17-6-4-5-7-19(17)28-14-21(25)26/h4-12,15H,3,13-14H2,1-2H3,(H,23,24)(H,25,26)/b22-12-. The summed E-state index contributed by atoms with van der Waals surface area (Å²) in [6.07, 6.45) is 2.45. The van der Waals surface area contributed by atoms with Crippen LogP contribution in [0.1, 0.15) is 37.3 Å². The minimum atomic E-state index is -1.07. The molecule has 0 saturated carbocycles. The molecule has 1 unspecified atom stereocenters. The van der Waals surface area contributed by atoms with Crippen LogP contribution in [-0.4, -0.2) is 36.4 Å². The molecule has 7 heteroatoms. The number of rotatable bonds is 10. The molecule has 0 heterocycles. The fourth-order valence-electron chi connectivity index (χ4n) is 2.34. The largest absolute Gasteiger partial charge is 0.484 e. The van der Waals surface area contributed by atoms with Crippen LogP contribution >= 0.6 is 0 Å². The molecule has 7 nitrogen and oxygen atoms in total. The van der Waals surface area contributed by atoms with E-state index in [1.165, 1.54) is 11.8 Å². The van der Waals surface area contributed by atoms with Crippen LogP contribution in [0.15, 0.2) is 53.6 Å². The summed E-state index contributed by atoms with van der Waals surface area (Å²) in [7, 11) is 0. The molecule has 0 aromatic heterocycles. The zero-order chi connectivity index (χ0) is 20.4. The third-order valence-corrected chi connectivity index (χ3v) is 4.09. The van der Waals surface area contributed by atoms with E-state index in [1.807, 2.05) is 24.3 Å². The molecule has 148 valence electrons. The van der Waals surface area contributed by atoms with Gasteiger partial charge in [-0.2, -0.15) is 5.10 Å². The number of benzene rings is 2. The first-order chi connectivity index (χ1) is 13.5. The summed E-state index contributed by atoms with van der Waals surface area (Å²) in [4.78, 5) is 22.5. The molecule has 1 amide bonds. The van der Waals surface area contributed by atoms with Crippen molar-refractivity contribution in [2.24, 2.45) is 5.10 Å². The quantitative estimate of drug-likeness (QED) is 0.484. The van der Waals surface area contributed by atoms with Gasteiger partial charge in [0.1, 0.15) is 11.5 Å². The van der Waals surface area contributed by atoms with Crippen LogP contribution in [0.2, 0.25) is 0 Å². The Balaban J connectivity index is 1.83. The van der Waals surface area contributed by atoms with Crippen LogP contribution in [0.5, 0.6) is 11.5 Å². The van der Waals surface area contributed by atoms with Crippen LogP contribution in [-0.2, 0) is 9.59 Å². The van der Waals surface area contributed by atoms with Gasteiger partial charge in [0.2, 0.25) is 0 Å². The first-order valence-corrected chi connectivity index (χ1v) is 8.98. The molecule has 0 fully saturated rings. The van der Waals surface area contributed by atoms with Crippen molar-refractivity contribution < 1.29 is 24.2 Å². The highest BCUT2D eigenvalue weighted by Crippen LogP contribution is 2.21. The zero-order valence-electron chi connectivity index (χ0n) is 15.9. The van der Waals surface area contributed by atoms with Crippen molar-refractivity contribution in [2.75, 3.05) is 13.2 Å². The first-order valence-electron chi connectivity index (χ1n) is 8.98. The van der Waals surface area contributed by atoms with Gasteiger partial charge < -0.3 is 14.6 Å². The molecule has 0 aliphatic carbocycles. The van der Waals surface area contributed by atoms with E-state index in [2.05, 4.69) is 24.4 Å². The summed E-state index contributed by atoms with van der Waals surface area (Å²) in [6.45, 7) is 3.67. The number of carbonyl (C=O) groups is 2. The third-order valence-electron chi connectivity index (χ3n) is 4.09. The summed E-state index contributed by atoms with van der Waals surface area (Å²) in [5.74, 6) is -0.0336. The maximum atomic E-state index is 11.9. The minimum absolute atomic E-state index is 0.169. The highest BCUT2D eigenvalue weighted by molar-refractivity contribution is 5.85. The van der Waals surface area contributed by atoms with Crippen molar-refractivity contribution >= 4 is 18.1 Å². The van der Waals surface area contributed by atoms with Crippen LogP contribution in [0.3, 0.4) is 0 Å². The van der Waals surface area contributed by atoms with E-state index in [1.54, 1.807) is 24.3 Å². The summed E-state index contributed by atoms with van der Waals surface area (Å²) < 4.78 is 10.6. The number of hydrogen-bond donors (Lipinski definition) is 2. The molecule has 1 atom stereocenters. The van der Waals surface area contributed by atoms with Crippen molar-refractivity contribution in [1.82, 2.24) is 5.43 Å². The van der Waals surface area contributed by atoms with E-state index in [0.29, 0.717) is 23.0 Å².